The number of carbonyl (C=O) groups is 1. The lowest BCUT2D eigenvalue weighted by Crippen LogP contribution is -2.13. The predicted octanol–water partition coefficient (Wildman–Crippen LogP) is 2.48. The number of nitro benzene ring substituents is 1. The molecule has 1 aromatic carbocycles. The average Bonchev–Trinajstić information content (AvgIpc) is 2.42. The number of nitrogens with one attached hydrogen (secondary N) is 1. The molecule has 0 spiro atoms. The Hall–Kier alpha value is -2.67. The molecule has 0 bridgehead atoms. The topological polar surface area (TPSA) is 111 Å². The van der Waals surface area contributed by atoms with Crippen LogP contribution in [0, 0.1) is 10.1 Å². The normalized spacial score (nSPS) is 10.1. The van der Waals surface area contributed by atoms with Crippen molar-refractivity contribution in [2.75, 3.05) is 11.1 Å². The van der Waals surface area contributed by atoms with Crippen LogP contribution in [0.2, 0.25) is 5.02 Å². The molecule has 0 aliphatic heterocycles. The number of rotatable bonds is 3. The number of benzene rings is 1. The number of nitrogen functional groups attached to an aromatic ring is 1. The van der Waals surface area contributed by atoms with Crippen molar-refractivity contribution in [3.63, 3.8) is 0 Å². The molecule has 0 unspecified atom stereocenters. The van der Waals surface area contributed by atoms with Crippen molar-refractivity contribution in [2.45, 2.75) is 0 Å². The highest BCUT2D eigenvalue weighted by molar-refractivity contribution is 6.34. The van der Waals surface area contributed by atoms with Gasteiger partial charge in [-0.05, 0) is 18.2 Å². The standard InChI is InChI=1S/C12H9ClN4O3/c13-10-6-15-11(14)5-9(10)12(18)16-7-1-3-8(4-2-7)17(19)20/h1-6H,(H2,14,15)(H,16,18). The molecule has 7 nitrogen and oxygen atoms in total. The third kappa shape index (κ3) is 3.01. The van der Waals surface area contributed by atoms with Crippen molar-refractivity contribution in [2.24, 2.45) is 0 Å². The minimum atomic E-state index is -0.522. The Labute approximate surface area is 118 Å². The largest absolute Gasteiger partial charge is 0.384 e. The van der Waals surface area contributed by atoms with E-state index in [4.69, 9.17) is 17.3 Å². The zero-order chi connectivity index (χ0) is 14.7. The lowest BCUT2D eigenvalue weighted by molar-refractivity contribution is -0.384. The molecule has 0 radical (unpaired) electrons. The monoisotopic (exact) mass is 292 g/mol. The molecule has 20 heavy (non-hydrogen) atoms. The van der Waals surface area contributed by atoms with E-state index in [1.165, 1.54) is 36.5 Å². The fraction of sp³-hybridized carbons (Fsp3) is 0. The van der Waals surface area contributed by atoms with Crippen LogP contribution in [0.15, 0.2) is 36.5 Å². The maximum atomic E-state index is 12.0. The molecule has 0 saturated carbocycles. The van der Waals surface area contributed by atoms with Gasteiger partial charge in [0.05, 0.1) is 15.5 Å². The molecule has 0 atom stereocenters. The first kappa shape index (κ1) is 13.8. The zero-order valence-electron chi connectivity index (χ0n) is 10.0. The summed E-state index contributed by atoms with van der Waals surface area (Å²) in [4.78, 5) is 25.7. The van der Waals surface area contributed by atoms with Crippen molar-refractivity contribution in [1.82, 2.24) is 4.98 Å². The minimum Gasteiger partial charge on any atom is -0.384 e. The number of aromatic nitrogens is 1. The van der Waals surface area contributed by atoms with Crippen molar-refractivity contribution < 1.29 is 9.72 Å². The zero-order valence-corrected chi connectivity index (χ0v) is 10.8. The van der Waals surface area contributed by atoms with Gasteiger partial charge in [-0.2, -0.15) is 0 Å². The molecule has 1 amide bonds. The molecule has 8 heteroatoms. The Morgan fingerprint density at radius 2 is 2.00 bits per heavy atom. The van der Waals surface area contributed by atoms with E-state index in [2.05, 4.69) is 10.3 Å². The maximum Gasteiger partial charge on any atom is 0.269 e. The van der Waals surface area contributed by atoms with Gasteiger partial charge >= 0.3 is 0 Å². The minimum absolute atomic E-state index is 0.0609. The summed E-state index contributed by atoms with van der Waals surface area (Å²) >= 11 is 5.86. The first-order chi connectivity index (χ1) is 9.47. The summed E-state index contributed by atoms with van der Waals surface area (Å²) in [7, 11) is 0. The Morgan fingerprint density at radius 3 is 2.60 bits per heavy atom. The number of pyridine rings is 1. The van der Waals surface area contributed by atoms with Crippen LogP contribution in [0.25, 0.3) is 0 Å². The lowest BCUT2D eigenvalue weighted by atomic mass is 10.2. The van der Waals surface area contributed by atoms with Crippen LogP contribution in [0.3, 0.4) is 0 Å². The molecule has 102 valence electrons. The number of anilines is 2. The summed E-state index contributed by atoms with van der Waals surface area (Å²) in [6, 6.07) is 6.78. The molecule has 0 fully saturated rings. The van der Waals surface area contributed by atoms with Gasteiger partial charge in [0.1, 0.15) is 5.82 Å². The van der Waals surface area contributed by atoms with Gasteiger partial charge in [0.25, 0.3) is 11.6 Å². The molecular formula is C12H9ClN4O3. The summed E-state index contributed by atoms with van der Waals surface area (Å²) in [6.45, 7) is 0. The number of halogens is 1. The molecule has 0 aliphatic carbocycles. The van der Waals surface area contributed by atoms with Gasteiger partial charge in [0.2, 0.25) is 0 Å². The van der Waals surface area contributed by atoms with Crippen molar-refractivity contribution >= 4 is 34.7 Å². The van der Waals surface area contributed by atoms with Crippen molar-refractivity contribution in [1.29, 1.82) is 0 Å². The predicted molar refractivity (Wildman–Crippen MR) is 74.7 cm³/mol. The molecule has 2 rings (SSSR count). The number of amides is 1. The Morgan fingerprint density at radius 1 is 1.35 bits per heavy atom. The number of non-ortho nitro benzene ring substituents is 1. The lowest BCUT2D eigenvalue weighted by Gasteiger charge is -2.07. The highest BCUT2D eigenvalue weighted by Gasteiger charge is 2.12. The summed E-state index contributed by atoms with van der Waals surface area (Å²) in [5, 5.41) is 13.2. The summed E-state index contributed by atoms with van der Waals surface area (Å²) in [6.07, 6.45) is 1.28. The summed E-state index contributed by atoms with van der Waals surface area (Å²) in [5.74, 6) is -0.304. The highest BCUT2D eigenvalue weighted by Crippen LogP contribution is 2.20. The number of carbonyl (C=O) groups excluding carboxylic acids is 1. The van der Waals surface area contributed by atoms with Crippen LogP contribution in [-0.4, -0.2) is 15.8 Å². The van der Waals surface area contributed by atoms with E-state index in [0.717, 1.165) is 0 Å². The van der Waals surface area contributed by atoms with Crippen LogP contribution in [-0.2, 0) is 0 Å². The van der Waals surface area contributed by atoms with Crippen LogP contribution < -0.4 is 11.1 Å². The van der Waals surface area contributed by atoms with E-state index in [0.29, 0.717) is 5.69 Å². The van der Waals surface area contributed by atoms with Gasteiger partial charge in [-0.1, -0.05) is 11.6 Å². The summed E-state index contributed by atoms with van der Waals surface area (Å²) in [5.41, 5.74) is 6.01. The molecule has 0 saturated heterocycles. The molecule has 0 aliphatic rings. The number of nitrogens with zero attached hydrogens (tertiary/aromatic N) is 2. The number of hydrogen-bond donors (Lipinski definition) is 2. The molecular weight excluding hydrogens is 284 g/mol. The number of hydrogen-bond acceptors (Lipinski definition) is 5. The Balaban J connectivity index is 2.19. The van der Waals surface area contributed by atoms with Gasteiger partial charge in [-0.15, -0.1) is 0 Å². The van der Waals surface area contributed by atoms with Crippen molar-refractivity contribution in [3.05, 3.63) is 57.2 Å². The van der Waals surface area contributed by atoms with E-state index < -0.39 is 10.8 Å². The smallest absolute Gasteiger partial charge is 0.269 e. The molecule has 1 heterocycles. The third-order valence-electron chi connectivity index (χ3n) is 2.46. The highest BCUT2D eigenvalue weighted by atomic mass is 35.5. The maximum absolute atomic E-state index is 12.0. The van der Waals surface area contributed by atoms with Crippen LogP contribution in [0.5, 0.6) is 0 Å². The Bertz CT molecular complexity index is 673. The fourth-order valence-corrected chi connectivity index (χ4v) is 1.68. The van der Waals surface area contributed by atoms with Crippen LogP contribution in [0.1, 0.15) is 10.4 Å². The molecule has 2 aromatic rings. The Kier molecular flexibility index (Phi) is 3.81. The van der Waals surface area contributed by atoms with E-state index in [-0.39, 0.29) is 22.1 Å². The second-order valence-corrected chi connectivity index (χ2v) is 4.25. The summed E-state index contributed by atoms with van der Waals surface area (Å²) < 4.78 is 0. The first-order valence-electron chi connectivity index (χ1n) is 5.44. The fourth-order valence-electron chi connectivity index (χ4n) is 1.49. The third-order valence-corrected chi connectivity index (χ3v) is 2.76. The van der Waals surface area contributed by atoms with Crippen molar-refractivity contribution in [3.8, 4) is 0 Å². The van der Waals surface area contributed by atoms with Crippen LogP contribution in [0.4, 0.5) is 17.2 Å². The molecule has 3 N–H and O–H groups in total. The van der Waals surface area contributed by atoms with Gasteiger partial charge in [0.15, 0.2) is 0 Å². The first-order valence-corrected chi connectivity index (χ1v) is 5.82. The second-order valence-electron chi connectivity index (χ2n) is 3.85. The van der Waals surface area contributed by atoms with Gasteiger partial charge in [-0.3, -0.25) is 14.9 Å². The van der Waals surface area contributed by atoms with Crippen LogP contribution >= 0.6 is 11.6 Å². The number of nitrogens with two attached hydrogens (primary N) is 1. The van der Waals surface area contributed by atoms with Gasteiger partial charge in [0, 0.05) is 24.0 Å². The van der Waals surface area contributed by atoms with Gasteiger partial charge < -0.3 is 11.1 Å². The van der Waals surface area contributed by atoms with E-state index in [1.807, 2.05) is 0 Å². The average molecular weight is 293 g/mol. The number of nitro groups is 1. The second kappa shape index (κ2) is 5.54. The van der Waals surface area contributed by atoms with E-state index in [1.54, 1.807) is 0 Å². The van der Waals surface area contributed by atoms with E-state index in [9.17, 15) is 14.9 Å². The van der Waals surface area contributed by atoms with Gasteiger partial charge in [-0.25, -0.2) is 4.98 Å². The SMILES string of the molecule is Nc1cc(C(=O)Nc2ccc([N+](=O)[O-])cc2)c(Cl)cn1. The quantitative estimate of drug-likeness (QED) is 0.667. The molecule has 1 aromatic heterocycles. The van der Waals surface area contributed by atoms with E-state index >= 15 is 0 Å².